The molecule has 6 nitrogen and oxygen atoms in total. The largest absolute Gasteiger partial charge is 0.369 e. The lowest BCUT2D eigenvalue weighted by atomic mass is 10.1. The van der Waals surface area contributed by atoms with Crippen LogP contribution in [0.2, 0.25) is 0 Å². The Labute approximate surface area is 188 Å². The SMILES string of the molecule is Cc1cccc(N2CCN(CC(=O)Nc3cccc(C(=O)N4CCSCC4)c3)CC2)c1. The summed E-state index contributed by atoms with van der Waals surface area (Å²) >= 11 is 1.88. The van der Waals surface area contributed by atoms with Crippen molar-refractivity contribution in [1.82, 2.24) is 9.80 Å². The molecule has 0 aliphatic carbocycles. The summed E-state index contributed by atoms with van der Waals surface area (Å²) in [6, 6.07) is 15.8. The number of nitrogens with one attached hydrogen (secondary N) is 1. The van der Waals surface area contributed by atoms with Crippen molar-refractivity contribution in [2.45, 2.75) is 6.92 Å². The van der Waals surface area contributed by atoms with Gasteiger partial charge in [-0.05, 0) is 42.8 Å². The van der Waals surface area contributed by atoms with E-state index in [1.807, 2.05) is 34.9 Å². The van der Waals surface area contributed by atoms with Crippen molar-refractivity contribution in [2.75, 3.05) is 67.5 Å². The van der Waals surface area contributed by atoms with Crippen LogP contribution in [-0.4, -0.2) is 78.9 Å². The van der Waals surface area contributed by atoms with Crippen LogP contribution in [0, 0.1) is 6.92 Å². The number of benzene rings is 2. The van der Waals surface area contributed by atoms with Crippen molar-refractivity contribution in [2.24, 2.45) is 0 Å². The fourth-order valence-electron chi connectivity index (χ4n) is 4.07. The fraction of sp³-hybridized carbons (Fsp3) is 0.417. The quantitative estimate of drug-likeness (QED) is 0.778. The highest BCUT2D eigenvalue weighted by molar-refractivity contribution is 7.99. The maximum absolute atomic E-state index is 12.7. The molecule has 0 bridgehead atoms. The van der Waals surface area contributed by atoms with Crippen LogP contribution in [0.15, 0.2) is 48.5 Å². The van der Waals surface area contributed by atoms with E-state index in [0.717, 1.165) is 50.8 Å². The van der Waals surface area contributed by atoms with Crippen LogP contribution >= 0.6 is 11.8 Å². The predicted octanol–water partition coefficient (Wildman–Crippen LogP) is 2.94. The number of thioether (sulfide) groups is 1. The van der Waals surface area contributed by atoms with Gasteiger partial charge in [-0.25, -0.2) is 0 Å². The van der Waals surface area contributed by atoms with Gasteiger partial charge in [-0.2, -0.15) is 11.8 Å². The number of hydrogen-bond donors (Lipinski definition) is 1. The maximum atomic E-state index is 12.7. The Morgan fingerprint density at radius 1 is 0.935 bits per heavy atom. The highest BCUT2D eigenvalue weighted by atomic mass is 32.2. The van der Waals surface area contributed by atoms with Crippen LogP contribution < -0.4 is 10.2 Å². The van der Waals surface area contributed by atoms with Gasteiger partial charge in [0.25, 0.3) is 5.91 Å². The number of amides is 2. The molecule has 0 unspecified atom stereocenters. The lowest BCUT2D eigenvalue weighted by Gasteiger charge is -2.35. The molecule has 2 saturated heterocycles. The van der Waals surface area contributed by atoms with E-state index in [9.17, 15) is 9.59 Å². The molecule has 164 valence electrons. The Bertz CT molecular complexity index is 921. The number of nitrogens with zero attached hydrogens (tertiary/aromatic N) is 3. The molecule has 7 heteroatoms. The molecule has 2 heterocycles. The van der Waals surface area contributed by atoms with Gasteiger partial charge < -0.3 is 15.1 Å². The molecular weight excluding hydrogens is 408 g/mol. The first-order valence-electron chi connectivity index (χ1n) is 10.9. The Morgan fingerprint density at radius 3 is 2.42 bits per heavy atom. The molecule has 2 aromatic carbocycles. The molecule has 1 N–H and O–H groups in total. The second-order valence-corrected chi connectivity index (χ2v) is 9.36. The Balaban J connectivity index is 1.28. The molecule has 0 saturated carbocycles. The minimum Gasteiger partial charge on any atom is -0.369 e. The van der Waals surface area contributed by atoms with E-state index in [1.165, 1.54) is 11.3 Å². The third kappa shape index (κ3) is 5.80. The average molecular weight is 439 g/mol. The summed E-state index contributed by atoms with van der Waals surface area (Å²) in [6.45, 7) is 7.58. The van der Waals surface area contributed by atoms with E-state index in [4.69, 9.17) is 0 Å². The zero-order chi connectivity index (χ0) is 21.6. The lowest BCUT2D eigenvalue weighted by Crippen LogP contribution is -2.48. The smallest absolute Gasteiger partial charge is 0.253 e. The number of carbonyl (C=O) groups is 2. The van der Waals surface area contributed by atoms with E-state index < -0.39 is 0 Å². The van der Waals surface area contributed by atoms with Crippen molar-refractivity contribution in [3.63, 3.8) is 0 Å². The number of aryl methyl sites for hydroxylation is 1. The minimum atomic E-state index is -0.0389. The van der Waals surface area contributed by atoms with Gasteiger partial charge in [-0.1, -0.05) is 18.2 Å². The molecule has 2 amide bonds. The van der Waals surface area contributed by atoms with Gasteiger partial charge in [-0.15, -0.1) is 0 Å². The van der Waals surface area contributed by atoms with E-state index >= 15 is 0 Å². The molecule has 2 aromatic rings. The molecule has 31 heavy (non-hydrogen) atoms. The molecule has 0 atom stereocenters. The third-order valence-electron chi connectivity index (χ3n) is 5.80. The first kappa shape index (κ1) is 21.7. The molecule has 0 spiro atoms. The molecule has 0 radical (unpaired) electrons. The highest BCUT2D eigenvalue weighted by Crippen LogP contribution is 2.19. The van der Waals surface area contributed by atoms with Gasteiger partial charge in [0.05, 0.1) is 6.54 Å². The van der Waals surface area contributed by atoms with Gasteiger partial charge >= 0.3 is 0 Å². The summed E-state index contributed by atoms with van der Waals surface area (Å²) in [5, 5.41) is 2.97. The maximum Gasteiger partial charge on any atom is 0.253 e. The zero-order valence-electron chi connectivity index (χ0n) is 18.0. The van der Waals surface area contributed by atoms with Gasteiger partial charge in [0.2, 0.25) is 5.91 Å². The van der Waals surface area contributed by atoms with E-state index in [-0.39, 0.29) is 11.8 Å². The Kier molecular flexibility index (Phi) is 7.14. The molecule has 4 rings (SSSR count). The third-order valence-corrected chi connectivity index (χ3v) is 6.74. The van der Waals surface area contributed by atoms with Crippen LogP contribution in [0.25, 0.3) is 0 Å². The van der Waals surface area contributed by atoms with E-state index in [1.54, 1.807) is 6.07 Å². The van der Waals surface area contributed by atoms with Gasteiger partial charge in [0, 0.05) is 67.7 Å². The van der Waals surface area contributed by atoms with Crippen molar-refractivity contribution in [1.29, 1.82) is 0 Å². The fourth-order valence-corrected chi connectivity index (χ4v) is 4.97. The van der Waals surface area contributed by atoms with Crippen molar-refractivity contribution < 1.29 is 9.59 Å². The first-order valence-corrected chi connectivity index (χ1v) is 12.0. The van der Waals surface area contributed by atoms with Gasteiger partial charge in [-0.3, -0.25) is 14.5 Å². The first-order chi connectivity index (χ1) is 15.1. The van der Waals surface area contributed by atoms with Crippen molar-refractivity contribution in [3.05, 3.63) is 59.7 Å². The predicted molar refractivity (Wildman–Crippen MR) is 128 cm³/mol. The van der Waals surface area contributed by atoms with Crippen LogP contribution in [0.4, 0.5) is 11.4 Å². The molecule has 0 aromatic heterocycles. The normalized spacial score (nSPS) is 17.5. The van der Waals surface area contributed by atoms with Crippen molar-refractivity contribution in [3.8, 4) is 0 Å². The summed E-state index contributed by atoms with van der Waals surface area (Å²) < 4.78 is 0. The van der Waals surface area contributed by atoms with E-state index in [2.05, 4.69) is 46.3 Å². The monoisotopic (exact) mass is 438 g/mol. The van der Waals surface area contributed by atoms with Gasteiger partial charge in [0.1, 0.15) is 0 Å². The van der Waals surface area contributed by atoms with Gasteiger partial charge in [0.15, 0.2) is 0 Å². The summed E-state index contributed by atoms with van der Waals surface area (Å²) in [4.78, 5) is 31.8. The molecule has 2 aliphatic heterocycles. The second kappa shape index (κ2) is 10.2. The zero-order valence-corrected chi connectivity index (χ0v) is 18.9. The lowest BCUT2D eigenvalue weighted by molar-refractivity contribution is -0.117. The average Bonchev–Trinajstić information content (AvgIpc) is 2.80. The Morgan fingerprint density at radius 2 is 1.68 bits per heavy atom. The number of hydrogen-bond acceptors (Lipinski definition) is 5. The Hall–Kier alpha value is -2.51. The van der Waals surface area contributed by atoms with E-state index in [0.29, 0.717) is 17.8 Å². The number of rotatable bonds is 5. The second-order valence-electron chi connectivity index (χ2n) is 8.14. The summed E-state index contributed by atoms with van der Waals surface area (Å²) in [7, 11) is 0. The standard InChI is InChI=1S/C24H30N4O2S/c1-19-4-2-7-22(16-19)27-10-8-26(9-11-27)18-23(29)25-21-6-3-5-20(17-21)24(30)28-12-14-31-15-13-28/h2-7,16-17H,8-15,18H2,1H3,(H,25,29). The molecular formula is C24H30N4O2S. The number of piperazine rings is 1. The van der Waals surface area contributed by atoms with Crippen LogP contribution in [0.3, 0.4) is 0 Å². The molecule has 2 fully saturated rings. The summed E-state index contributed by atoms with van der Waals surface area (Å²) in [5.74, 6) is 1.98. The van der Waals surface area contributed by atoms with Crippen LogP contribution in [0.5, 0.6) is 0 Å². The number of carbonyl (C=O) groups excluding carboxylic acids is 2. The highest BCUT2D eigenvalue weighted by Gasteiger charge is 2.21. The minimum absolute atomic E-state index is 0.0389. The number of anilines is 2. The summed E-state index contributed by atoms with van der Waals surface area (Å²) in [5.41, 5.74) is 3.83. The van der Waals surface area contributed by atoms with Crippen LogP contribution in [-0.2, 0) is 4.79 Å². The topological polar surface area (TPSA) is 55.9 Å². The van der Waals surface area contributed by atoms with Crippen molar-refractivity contribution >= 4 is 35.0 Å². The molecule has 2 aliphatic rings. The summed E-state index contributed by atoms with van der Waals surface area (Å²) in [6.07, 6.45) is 0. The van der Waals surface area contributed by atoms with Crippen LogP contribution in [0.1, 0.15) is 15.9 Å².